The standard InChI is InChI=1S/C55H36O/c1-55(2)49-28-26-35(30-47(49)45-27-25-36-31-51-48(32-46(36)54(45)55)39-18-9-10-24-50(39)56-51)34-15-11-16-37(29-34)52-41-19-5-7-21-43(41)53(44-22-8-6-20-42(44)52)40-23-12-14-33-13-3-4-17-38(33)40/h3-32H,1-2H3. The van der Waals surface area contributed by atoms with Gasteiger partial charge in [-0.05, 0) is 129 Å². The van der Waals surface area contributed by atoms with Crippen LogP contribution in [-0.2, 0) is 5.41 Å². The van der Waals surface area contributed by atoms with Crippen molar-refractivity contribution < 1.29 is 4.42 Å². The van der Waals surface area contributed by atoms with Gasteiger partial charge in [-0.2, -0.15) is 0 Å². The van der Waals surface area contributed by atoms with Crippen molar-refractivity contribution in [3.8, 4) is 44.5 Å². The summed E-state index contributed by atoms with van der Waals surface area (Å²) in [6.07, 6.45) is 0. The summed E-state index contributed by atoms with van der Waals surface area (Å²) < 4.78 is 6.29. The van der Waals surface area contributed by atoms with Crippen LogP contribution in [-0.4, -0.2) is 0 Å². The van der Waals surface area contributed by atoms with Crippen molar-refractivity contribution in [2.45, 2.75) is 19.3 Å². The van der Waals surface area contributed by atoms with Crippen LogP contribution >= 0.6 is 0 Å². The molecule has 0 N–H and O–H groups in total. The summed E-state index contributed by atoms with van der Waals surface area (Å²) in [5.41, 5.74) is 14.7. The van der Waals surface area contributed by atoms with Crippen molar-refractivity contribution in [2.24, 2.45) is 0 Å². The van der Waals surface area contributed by atoms with Gasteiger partial charge >= 0.3 is 0 Å². The van der Waals surface area contributed by atoms with E-state index in [9.17, 15) is 0 Å². The van der Waals surface area contributed by atoms with Gasteiger partial charge in [0, 0.05) is 16.2 Å². The number of fused-ring (bicyclic) bond motifs is 11. The Hall–Kier alpha value is -6.96. The van der Waals surface area contributed by atoms with Crippen LogP contribution in [0.3, 0.4) is 0 Å². The molecule has 262 valence electrons. The number of hydrogen-bond acceptors (Lipinski definition) is 1. The highest BCUT2D eigenvalue weighted by atomic mass is 16.3. The van der Waals surface area contributed by atoms with Crippen LogP contribution < -0.4 is 0 Å². The highest BCUT2D eigenvalue weighted by Crippen LogP contribution is 2.53. The lowest BCUT2D eigenvalue weighted by molar-refractivity contribution is 0.665. The Morgan fingerprint density at radius 1 is 0.339 bits per heavy atom. The maximum atomic E-state index is 6.29. The van der Waals surface area contributed by atoms with Crippen LogP contribution in [0, 0.1) is 0 Å². The molecule has 0 fully saturated rings. The molecule has 12 rings (SSSR count). The lowest BCUT2D eigenvalue weighted by Crippen LogP contribution is -2.15. The number of hydrogen-bond donors (Lipinski definition) is 0. The molecule has 1 aliphatic carbocycles. The van der Waals surface area contributed by atoms with E-state index in [-0.39, 0.29) is 5.41 Å². The monoisotopic (exact) mass is 712 g/mol. The first kappa shape index (κ1) is 31.4. The van der Waals surface area contributed by atoms with Gasteiger partial charge in [0.05, 0.1) is 0 Å². The van der Waals surface area contributed by atoms with E-state index in [1.165, 1.54) is 109 Å². The third-order valence-electron chi connectivity index (χ3n) is 12.6. The molecule has 1 heteroatoms. The summed E-state index contributed by atoms with van der Waals surface area (Å²) in [7, 11) is 0. The van der Waals surface area contributed by atoms with Gasteiger partial charge in [-0.15, -0.1) is 0 Å². The highest BCUT2D eigenvalue weighted by molar-refractivity contribution is 6.23. The number of furan rings is 1. The molecule has 0 saturated heterocycles. The van der Waals surface area contributed by atoms with Crippen molar-refractivity contribution in [1.82, 2.24) is 0 Å². The van der Waals surface area contributed by atoms with Gasteiger partial charge in [0.25, 0.3) is 0 Å². The quantitative estimate of drug-likeness (QED) is 0.166. The molecule has 1 aromatic heterocycles. The fraction of sp³-hybridized carbons (Fsp3) is 0.0545. The van der Waals surface area contributed by atoms with E-state index in [1.807, 2.05) is 6.07 Å². The molecule has 1 nitrogen and oxygen atoms in total. The van der Waals surface area contributed by atoms with Crippen LogP contribution in [0.15, 0.2) is 186 Å². The summed E-state index contributed by atoms with van der Waals surface area (Å²) in [4.78, 5) is 0. The first-order chi connectivity index (χ1) is 27.5. The summed E-state index contributed by atoms with van der Waals surface area (Å²) in [6, 6.07) is 67.2. The predicted octanol–water partition coefficient (Wildman–Crippen LogP) is 15.5. The SMILES string of the molecule is CC1(C)c2ccc(-c3cccc(-c4c5ccccc5c(-c5cccc6ccccc56)c5ccccc45)c3)cc2-c2ccc3cc4oc5ccccc5c4cc3c21. The van der Waals surface area contributed by atoms with E-state index in [0.29, 0.717) is 0 Å². The van der Waals surface area contributed by atoms with E-state index in [2.05, 4.69) is 190 Å². The molecule has 10 aromatic carbocycles. The van der Waals surface area contributed by atoms with Gasteiger partial charge in [-0.25, -0.2) is 0 Å². The molecule has 0 amide bonds. The summed E-state index contributed by atoms with van der Waals surface area (Å²) >= 11 is 0. The van der Waals surface area contributed by atoms with Gasteiger partial charge in [0.2, 0.25) is 0 Å². The minimum atomic E-state index is -0.151. The molecule has 0 unspecified atom stereocenters. The Morgan fingerprint density at radius 2 is 0.964 bits per heavy atom. The molecule has 56 heavy (non-hydrogen) atoms. The Kier molecular flexibility index (Phi) is 6.46. The zero-order chi connectivity index (χ0) is 37.1. The topological polar surface area (TPSA) is 13.1 Å². The first-order valence-electron chi connectivity index (χ1n) is 19.6. The van der Waals surface area contributed by atoms with E-state index in [0.717, 1.165) is 11.2 Å². The molecule has 0 aliphatic heterocycles. The third kappa shape index (κ3) is 4.37. The van der Waals surface area contributed by atoms with Crippen LogP contribution in [0.1, 0.15) is 25.0 Å². The molecular weight excluding hydrogens is 677 g/mol. The van der Waals surface area contributed by atoms with Gasteiger partial charge < -0.3 is 4.42 Å². The zero-order valence-corrected chi connectivity index (χ0v) is 31.2. The zero-order valence-electron chi connectivity index (χ0n) is 31.2. The van der Waals surface area contributed by atoms with Gasteiger partial charge in [-0.1, -0.05) is 166 Å². The van der Waals surface area contributed by atoms with Crippen LogP contribution in [0.2, 0.25) is 0 Å². The summed E-state index contributed by atoms with van der Waals surface area (Å²) in [5, 5.41) is 12.5. The van der Waals surface area contributed by atoms with Crippen LogP contribution in [0.5, 0.6) is 0 Å². The van der Waals surface area contributed by atoms with Crippen molar-refractivity contribution in [1.29, 1.82) is 0 Å². The second-order valence-corrected chi connectivity index (χ2v) is 16.0. The predicted molar refractivity (Wildman–Crippen MR) is 238 cm³/mol. The maximum absolute atomic E-state index is 6.29. The van der Waals surface area contributed by atoms with Crippen LogP contribution in [0.25, 0.3) is 110 Å². The molecule has 1 aliphatic rings. The second-order valence-electron chi connectivity index (χ2n) is 16.0. The molecule has 11 aromatic rings. The van der Waals surface area contributed by atoms with Crippen molar-refractivity contribution in [3.05, 3.63) is 193 Å². The van der Waals surface area contributed by atoms with E-state index in [1.54, 1.807) is 0 Å². The minimum Gasteiger partial charge on any atom is -0.456 e. The number of rotatable bonds is 3. The average molecular weight is 713 g/mol. The Balaban J connectivity index is 1.03. The van der Waals surface area contributed by atoms with Gasteiger partial charge in [0.15, 0.2) is 0 Å². The van der Waals surface area contributed by atoms with Gasteiger partial charge in [0.1, 0.15) is 11.2 Å². The summed E-state index contributed by atoms with van der Waals surface area (Å²) in [5.74, 6) is 0. The number of benzene rings is 10. The van der Waals surface area contributed by atoms with E-state index in [4.69, 9.17) is 4.42 Å². The minimum absolute atomic E-state index is 0.151. The normalized spacial score (nSPS) is 13.3. The van der Waals surface area contributed by atoms with E-state index < -0.39 is 0 Å². The molecule has 0 saturated carbocycles. The van der Waals surface area contributed by atoms with Crippen LogP contribution in [0.4, 0.5) is 0 Å². The fourth-order valence-corrected chi connectivity index (χ4v) is 10.1. The van der Waals surface area contributed by atoms with Crippen molar-refractivity contribution in [2.75, 3.05) is 0 Å². The Bertz CT molecular complexity index is 3390. The first-order valence-corrected chi connectivity index (χ1v) is 19.6. The van der Waals surface area contributed by atoms with Gasteiger partial charge in [-0.3, -0.25) is 0 Å². The molecule has 0 bridgehead atoms. The Morgan fingerprint density at radius 3 is 1.75 bits per heavy atom. The van der Waals surface area contributed by atoms with E-state index >= 15 is 0 Å². The number of para-hydroxylation sites is 1. The largest absolute Gasteiger partial charge is 0.456 e. The summed E-state index contributed by atoms with van der Waals surface area (Å²) in [6.45, 7) is 4.76. The molecule has 0 atom stereocenters. The average Bonchev–Trinajstić information content (AvgIpc) is 3.72. The third-order valence-corrected chi connectivity index (χ3v) is 12.6. The molecule has 0 spiro atoms. The smallest absolute Gasteiger partial charge is 0.136 e. The lowest BCUT2D eigenvalue weighted by atomic mass is 9.80. The molecule has 1 heterocycles. The van der Waals surface area contributed by atoms with Crippen molar-refractivity contribution >= 4 is 65.0 Å². The fourth-order valence-electron chi connectivity index (χ4n) is 10.1. The van der Waals surface area contributed by atoms with Crippen molar-refractivity contribution in [3.63, 3.8) is 0 Å². The maximum Gasteiger partial charge on any atom is 0.136 e. The molecule has 0 radical (unpaired) electrons. The highest BCUT2D eigenvalue weighted by Gasteiger charge is 2.37. The second kappa shape index (κ2) is 11.5. The molecular formula is C55H36O. The lowest BCUT2D eigenvalue weighted by Gasteiger charge is -2.23. The Labute approximate surface area is 325 Å².